The van der Waals surface area contributed by atoms with Gasteiger partial charge in [-0.3, -0.25) is 10.1 Å². The van der Waals surface area contributed by atoms with Gasteiger partial charge in [0.2, 0.25) is 0 Å². The Morgan fingerprint density at radius 3 is 2.46 bits per heavy atom. The van der Waals surface area contributed by atoms with Gasteiger partial charge in [0.15, 0.2) is 5.11 Å². The minimum absolute atomic E-state index is 0.157. The summed E-state index contributed by atoms with van der Waals surface area (Å²) in [7, 11) is 0. The highest BCUT2D eigenvalue weighted by Gasteiger charge is 2.10. The third kappa shape index (κ3) is 6.66. The van der Waals surface area contributed by atoms with Crippen LogP contribution in [0.4, 0.5) is 5.69 Å². The zero-order valence-corrected chi connectivity index (χ0v) is 16.8. The lowest BCUT2D eigenvalue weighted by atomic mass is 10.2. The molecule has 0 aliphatic heterocycles. The Kier molecular flexibility index (Phi) is 8.42. The first-order valence-electron chi connectivity index (χ1n) is 9.15. The van der Waals surface area contributed by atoms with E-state index in [1.54, 1.807) is 48.5 Å². The molecule has 6 nitrogen and oxygen atoms in total. The Bertz CT molecular complexity index is 821. The molecule has 2 N–H and O–H groups in total. The Labute approximate surface area is 170 Å². The van der Waals surface area contributed by atoms with Crippen LogP contribution in [0.3, 0.4) is 0 Å². The van der Waals surface area contributed by atoms with Gasteiger partial charge < -0.3 is 14.8 Å². The number of anilines is 1. The molecular weight excluding hydrogens is 376 g/mol. The van der Waals surface area contributed by atoms with Gasteiger partial charge in [-0.05, 0) is 68.0 Å². The topological polar surface area (TPSA) is 76.7 Å². The average Bonchev–Trinajstić information content (AvgIpc) is 2.69. The third-order valence-corrected chi connectivity index (χ3v) is 3.95. The van der Waals surface area contributed by atoms with Crippen molar-refractivity contribution in [2.75, 3.05) is 18.5 Å². The molecule has 2 aromatic carbocycles. The van der Waals surface area contributed by atoms with E-state index < -0.39 is 0 Å². The van der Waals surface area contributed by atoms with Crippen LogP contribution in [0, 0.1) is 0 Å². The van der Waals surface area contributed by atoms with Crippen molar-refractivity contribution in [3.8, 4) is 5.75 Å². The maximum Gasteiger partial charge on any atom is 0.338 e. The molecule has 0 saturated carbocycles. The number of hydrogen-bond donors (Lipinski definition) is 2. The molecule has 0 aliphatic carbocycles. The summed E-state index contributed by atoms with van der Waals surface area (Å²) in [5.41, 5.74) is 1.56. The highest BCUT2D eigenvalue weighted by atomic mass is 32.1. The van der Waals surface area contributed by atoms with Crippen molar-refractivity contribution in [3.05, 3.63) is 59.7 Å². The van der Waals surface area contributed by atoms with E-state index in [-0.39, 0.29) is 17.0 Å². The number of unbranched alkanes of at least 4 members (excludes halogenated alkanes) is 1. The lowest BCUT2D eigenvalue weighted by Gasteiger charge is -2.11. The van der Waals surface area contributed by atoms with E-state index in [0.29, 0.717) is 35.8 Å². The summed E-state index contributed by atoms with van der Waals surface area (Å²) in [6, 6.07) is 13.6. The SMILES string of the molecule is CCCCOC(=O)c1ccc(NC(=S)NC(=O)c2cccc(OCC)c2)cc1. The lowest BCUT2D eigenvalue weighted by molar-refractivity contribution is 0.0499. The number of nitrogens with one attached hydrogen (secondary N) is 2. The number of amides is 1. The van der Waals surface area contributed by atoms with E-state index in [9.17, 15) is 9.59 Å². The van der Waals surface area contributed by atoms with Crippen molar-refractivity contribution >= 4 is 34.9 Å². The van der Waals surface area contributed by atoms with Crippen molar-refractivity contribution in [3.63, 3.8) is 0 Å². The first kappa shape index (κ1) is 21.4. The van der Waals surface area contributed by atoms with Crippen LogP contribution in [0.1, 0.15) is 47.4 Å². The van der Waals surface area contributed by atoms with Crippen LogP contribution in [-0.2, 0) is 4.74 Å². The van der Waals surface area contributed by atoms with Crippen molar-refractivity contribution in [2.24, 2.45) is 0 Å². The van der Waals surface area contributed by atoms with Crippen LogP contribution in [-0.4, -0.2) is 30.2 Å². The van der Waals surface area contributed by atoms with Crippen LogP contribution >= 0.6 is 12.2 Å². The Morgan fingerprint density at radius 1 is 1.04 bits per heavy atom. The molecule has 0 bridgehead atoms. The van der Waals surface area contributed by atoms with Gasteiger partial charge in [0, 0.05) is 11.3 Å². The lowest BCUT2D eigenvalue weighted by Crippen LogP contribution is -2.34. The van der Waals surface area contributed by atoms with Crippen LogP contribution in [0.2, 0.25) is 0 Å². The average molecular weight is 401 g/mol. The molecular formula is C21H24N2O4S. The minimum atomic E-state index is -0.356. The molecule has 0 heterocycles. The fraction of sp³-hybridized carbons (Fsp3) is 0.286. The fourth-order valence-electron chi connectivity index (χ4n) is 2.31. The van der Waals surface area contributed by atoms with Gasteiger partial charge in [-0.1, -0.05) is 19.4 Å². The van der Waals surface area contributed by atoms with E-state index in [2.05, 4.69) is 10.6 Å². The van der Waals surface area contributed by atoms with Crippen LogP contribution in [0.5, 0.6) is 5.75 Å². The molecule has 2 rings (SSSR count). The minimum Gasteiger partial charge on any atom is -0.494 e. The zero-order valence-electron chi connectivity index (χ0n) is 16.0. The van der Waals surface area contributed by atoms with Gasteiger partial charge in [0.25, 0.3) is 5.91 Å². The molecule has 0 aromatic heterocycles. The van der Waals surface area contributed by atoms with Gasteiger partial charge >= 0.3 is 5.97 Å². The largest absolute Gasteiger partial charge is 0.494 e. The first-order chi connectivity index (χ1) is 13.5. The molecule has 0 radical (unpaired) electrons. The maximum absolute atomic E-state index is 12.3. The Balaban J connectivity index is 1.89. The third-order valence-electron chi connectivity index (χ3n) is 3.74. The quantitative estimate of drug-likeness (QED) is 0.393. The molecule has 7 heteroatoms. The molecule has 0 unspecified atom stereocenters. The number of rotatable bonds is 8. The van der Waals surface area contributed by atoms with Crippen LogP contribution in [0.15, 0.2) is 48.5 Å². The van der Waals surface area contributed by atoms with E-state index in [4.69, 9.17) is 21.7 Å². The van der Waals surface area contributed by atoms with Gasteiger partial charge in [-0.2, -0.15) is 0 Å². The number of thiocarbonyl (C=S) groups is 1. The predicted octanol–water partition coefficient (Wildman–Crippen LogP) is 4.17. The van der Waals surface area contributed by atoms with Gasteiger partial charge in [-0.15, -0.1) is 0 Å². The van der Waals surface area contributed by atoms with Crippen molar-refractivity contribution in [1.82, 2.24) is 5.32 Å². The fourth-order valence-corrected chi connectivity index (χ4v) is 2.52. The summed E-state index contributed by atoms with van der Waals surface area (Å²) in [5.74, 6) is -0.0735. The first-order valence-corrected chi connectivity index (χ1v) is 9.56. The summed E-state index contributed by atoms with van der Waals surface area (Å²) in [6.45, 7) is 4.84. The maximum atomic E-state index is 12.3. The normalized spacial score (nSPS) is 10.1. The monoisotopic (exact) mass is 400 g/mol. The summed E-state index contributed by atoms with van der Waals surface area (Å²) in [4.78, 5) is 24.2. The van der Waals surface area contributed by atoms with Crippen molar-refractivity contribution < 1.29 is 19.1 Å². The molecule has 0 aliphatic rings. The molecule has 0 saturated heterocycles. The highest BCUT2D eigenvalue weighted by Crippen LogP contribution is 2.14. The molecule has 1 amide bonds. The van der Waals surface area contributed by atoms with E-state index in [0.717, 1.165) is 12.8 Å². The number of esters is 1. The summed E-state index contributed by atoms with van der Waals surface area (Å²) < 4.78 is 10.6. The van der Waals surface area contributed by atoms with Crippen LogP contribution < -0.4 is 15.4 Å². The molecule has 2 aromatic rings. The molecule has 0 spiro atoms. The van der Waals surface area contributed by atoms with Gasteiger partial charge in [0.1, 0.15) is 5.75 Å². The number of carbonyl (C=O) groups is 2. The smallest absolute Gasteiger partial charge is 0.338 e. The highest BCUT2D eigenvalue weighted by molar-refractivity contribution is 7.80. The van der Waals surface area contributed by atoms with E-state index in [1.165, 1.54) is 0 Å². The van der Waals surface area contributed by atoms with Crippen molar-refractivity contribution in [2.45, 2.75) is 26.7 Å². The number of carbonyl (C=O) groups excluding carboxylic acids is 2. The summed E-state index contributed by atoms with van der Waals surface area (Å²) in [5, 5.41) is 5.69. The molecule has 28 heavy (non-hydrogen) atoms. The molecule has 148 valence electrons. The number of ether oxygens (including phenoxy) is 2. The second-order valence-electron chi connectivity index (χ2n) is 5.94. The summed E-state index contributed by atoms with van der Waals surface area (Å²) in [6.07, 6.45) is 1.81. The van der Waals surface area contributed by atoms with Crippen molar-refractivity contribution in [1.29, 1.82) is 0 Å². The Hall–Kier alpha value is -2.93. The number of benzene rings is 2. The Morgan fingerprint density at radius 2 is 1.79 bits per heavy atom. The van der Waals surface area contributed by atoms with E-state index >= 15 is 0 Å². The molecule has 0 atom stereocenters. The van der Waals surface area contributed by atoms with E-state index in [1.807, 2.05) is 13.8 Å². The van der Waals surface area contributed by atoms with Crippen LogP contribution in [0.25, 0.3) is 0 Å². The summed E-state index contributed by atoms with van der Waals surface area (Å²) >= 11 is 5.19. The predicted molar refractivity (Wildman–Crippen MR) is 113 cm³/mol. The standard InChI is InChI=1S/C21H24N2O4S/c1-3-5-13-27-20(25)15-9-11-17(12-10-15)22-21(28)23-19(24)16-7-6-8-18(14-16)26-4-2/h6-12,14H,3-5,13H2,1-2H3,(H2,22,23,24,28). The number of hydrogen-bond acceptors (Lipinski definition) is 5. The van der Waals surface area contributed by atoms with Gasteiger partial charge in [-0.25, -0.2) is 4.79 Å². The zero-order chi connectivity index (χ0) is 20.4. The second-order valence-corrected chi connectivity index (χ2v) is 6.34. The van der Waals surface area contributed by atoms with Gasteiger partial charge in [0.05, 0.1) is 18.8 Å². The molecule has 0 fully saturated rings. The second kappa shape index (κ2) is 11.0.